The monoisotopic (exact) mass is 408 g/mol. The lowest BCUT2D eigenvalue weighted by atomic mass is 10.0. The van der Waals surface area contributed by atoms with Crippen molar-refractivity contribution in [1.82, 2.24) is 0 Å². The molecule has 0 fully saturated rings. The van der Waals surface area contributed by atoms with Crippen LogP contribution in [0.4, 0.5) is 11.4 Å². The summed E-state index contributed by atoms with van der Waals surface area (Å²) in [7, 11) is -2.33. The number of carbonyl (C=O) groups is 1. The molecular formula is C19H21ClN2O4S. The van der Waals surface area contributed by atoms with Crippen molar-refractivity contribution in [1.29, 1.82) is 0 Å². The van der Waals surface area contributed by atoms with E-state index in [-0.39, 0.29) is 15.8 Å². The van der Waals surface area contributed by atoms with Crippen LogP contribution < -0.4 is 14.4 Å². The van der Waals surface area contributed by atoms with Crippen LogP contribution in [-0.2, 0) is 21.2 Å². The highest BCUT2D eigenvalue weighted by Gasteiger charge is 2.23. The van der Waals surface area contributed by atoms with Crippen molar-refractivity contribution in [2.45, 2.75) is 31.1 Å². The Bertz CT molecular complexity index is 976. The van der Waals surface area contributed by atoms with Crippen molar-refractivity contribution < 1.29 is 17.9 Å². The summed E-state index contributed by atoms with van der Waals surface area (Å²) >= 11 is 6.04. The average Bonchev–Trinajstić information content (AvgIpc) is 2.66. The Kier molecular flexibility index (Phi) is 5.62. The second-order valence-electron chi connectivity index (χ2n) is 6.25. The Balaban J connectivity index is 1.88. The first-order valence-electron chi connectivity index (χ1n) is 8.65. The first kappa shape index (κ1) is 19.5. The van der Waals surface area contributed by atoms with Crippen LogP contribution in [0.5, 0.6) is 5.75 Å². The lowest BCUT2D eigenvalue weighted by molar-refractivity contribution is -0.118. The molecule has 27 heavy (non-hydrogen) atoms. The molecule has 1 aliphatic heterocycles. The number of benzene rings is 2. The van der Waals surface area contributed by atoms with E-state index in [9.17, 15) is 13.2 Å². The zero-order chi connectivity index (χ0) is 19.6. The molecule has 1 N–H and O–H groups in total. The number of anilines is 2. The molecule has 0 atom stereocenters. The maximum atomic E-state index is 12.7. The molecule has 0 saturated heterocycles. The molecule has 2 aromatic rings. The van der Waals surface area contributed by atoms with Gasteiger partial charge in [0, 0.05) is 24.3 Å². The SMILES string of the molecule is CCC(=O)N1CCCc2cc(NS(=O)(=O)c3ccc(OC)c(Cl)c3)ccc21. The number of hydrogen-bond donors (Lipinski definition) is 1. The Labute approximate surface area is 164 Å². The highest BCUT2D eigenvalue weighted by Crippen LogP contribution is 2.32. The maximum Gasteiger partial charge on any atom is 0.261 e. The number of amides is 1. The number of hydrogen-bond acceptors (Lipinski definition) is 4. The lowest BCUT2D eigenvalue weighted by Crippen LogP contribution is -2.34. The predicted octanol–water partition coefficient (Wildman–Crippen LogP) is 3.84. The molecule has 1 aliphatic rings. The van der Waals surface area contributed by atoms with Crippen LogP contribution in [-0.4, -0.2) is 28.0 Å². The molecule has 1 heterocycles. The van der Waals surface area contributed by atoms with Gasteiger partial charge in [0.2, 0.25) is 5.91 Å². The molecule has 6 nitrogen and oxygen atoms in total. The molecule has 0 spiro atoms. The summed E-state index contributed by atoms with van der Waals surface area (Å²) in [6.45, 7) is 2.52. The summed E-state index contributed by atoms with van der Waals surface area (Å²) in [6.07, 6.45) is 2.09. The Hall–Kier alpha value is -2.25. The molecule has 0 bridgehead atoms. The van der Waals surface area contributed by atoms with Gasteiger partial charge in [-0.25, -0.2) is 8.42 Å². The predicted molar refractivity (Wildman–Crippen MR) is 106 cm³/mol. The molecule has 3 rings (SSSR count). The first-order chi connectivity index (χ1) is 12.9. The molecule has 1 amide bonds. The molecule has 0 saturated carbocycles. The van der Waals surface area contributed by atoms with Crippen LogP contribution in [0.3, 0.4) is 0 Å². The summed E-state index contributed by atoms with van der Waals surface area (Å²) < 4.78 is 33.0. The topological polar surface area (TPSA) is 75.7 Å². The van der Waals surface area contributed by atoms with Crippen LogP contribution in [0, 0.1) is 0 Å². The fourth-order valence-electron chi connectivity index (χ4n) is 3.14. The van der Waals surface area contributed by atoms with E-state index in [0.717, 1.165) is 24.1 Å². The smallest absolute Gasteiger partial charge is 0.261 e. The molecule has 144 valence electrons. The van der Waals surface area contributed by atoms with Crippen LogP contribution >= 0.6 is 11.6 Å². The van der Waals surface area contributed by atoms with Crippen molar-refractivity contribution in [2.24, 2.45) is 0 Å². The number of fused-ring (bicyclic) bond motifs is 1. The van der Waals surface area contributed by atoms with E-state index in [0.29, 0.717) is 24.4 Å². The Morgan fingerprint density at radius 1 is 1.26 bits per heavy atom. The molecule has 0 radical (unpaired) electrons. The number of halogens is 1. The van der Waals surface area contributed by atoms with E-state index in [4.69, 9.17) is 16.3 Å². The van der Waals surface area contributed by atoms with Crippen molar-refractivity contribution in [3.8, 4) is 5.75 Å². The highest BCUT2D eigenvalue weighted by molar-refractivity contribution is 7.92. The van der Waals surface area contributed by atoms with Crippen molar-refractivity contribution in [3.05, 3.63) is 47.0 Å². The number of rotatable bonds is 5. The van der Waals surface area contributed by atoms with Gasteiger partial charge >= 0.3 is 0 Å². The fraction of sp³-hybridized carbons (Fsp3) is 0.316. The van der Waals surface area contributed by atoms with E-state index >= 15 is 0 Å². The highest BCUT2D eigenvalue weighted by atomic mass is 35.5. The minimum Gasteiger partial charge on any atom is -0.495 e. The number of nitrogens with one attached hydrogen (secondary N) is 1. The Morgan fingerprint density at radius 2 is 2.04 bits per heavy atom. The zero-order valence-electron chi connectivity index (χ0n) is 15.2. The molecule has 0 aromatic heterocycles. The molecule has 2 aromatic carbocycles. The van der Waals surface area contributed by atoms with E-state index in [2.05, 4.69) is 4.72 Å². The number of ether oxygens (including phenoxy) is 1. The number of methoxy groups -OCH3 is 1. The fourth-order valence-corrected chi connectivity index (χ4v) is 4.54. The van der Waals surface area contributed by atoms with E-state index in [1.807, 2.05) is 6.92 Å². The second kappa shape index (κ2) is 7.78. The third-order valence-corrected chi connectivity index (χ3v) is 6.16. The van der Waals surface area contributed by atoms with Gasteiger partial charge in [0.05, 0.1) is 17.0 Å². The molecule has 0 aliphatic carbocycles. The van der Waals surface area contributed by atoms with Gasteiger partial charge in [0.1, 0.15) is 5.75 Å². The summed E-state index contributed by atoms with van der Waals surface area (Å²) in [5, 5.41) is 0.222. The normalized spacial score (nSPS) is 13.8. The van der Waals surface area contributed by atoms with Crippen LogP contribution in [0.2, 0.25) is 5.02 Å². The van der Waals surface area contributed by atoms with E-state index in [1.54, 1.807) is 23.1 Å². The second-order valence-corrected chi connectivity index (χ2v) is 8.34. The van der Waals surface area contributed by atoms with Crippen LogP contribution in [0.25, 0.3) is 0 Å². The minimum absolute atomic E-state index is 0.0498. The minimum atomic E-state index is -3.79. The van der Waals surface area contributed by atoms with Crippen LogP contribution in [0.1, 0.15) is 25.3 Å². The van der Waals surface area contributed by atoms with Crippen molar-refractivity contribution >= 4 is 38.9 Å². The number of aryl methyl sites for hydroxylation is 1. The number of sulfonamides is 1. The summed E-state index contributed by atoms with van der Waals surface area (Å²) in [5.74, 6) is 0.474. The van der Waals surface area contributed by atoms with Gasteiger partial charge in [-0.1, -0.05) is 18.5 Å². The molecule has 0 unspecified atom stereocenters. The maximum absolute atomic E-state index is 12.7. The number of nitrogens with zero attached hydrogens (tertiary/aromatic N) is 1. The number of carbonyl (C=O) groups excluding carboxylic acids is 1. The van der Waals surface area contributed by atoms with Gasteiger partial charge in [0.25, 0.3) is 10.0 Å². The van der Waals surface area contributed by atoms with Gasteiger partial charge in [-0.05, 0) is 54.8 Å². The van der Waals surface area contributed by atoms with E-state index < -0.39 is 10.0 Å². The zero-order valence-corrected chi connectivity index (χ0v) is 16.7. The summed E-state index contributed by atoms with van der Waals surface area (Å²) in [4.78, 5) is 13.9. The molecule has 8 heteroatoms. The third kappa shape index (κ3) is 4.04. The summed E-state index contributed by atoms with van der Waals surface area (Å²) in [6, 6.07) is 9.55. The third-order valence-electron chi connectivity index (χ3n) is 4.49. The standard InChI is InChI=1S/C19H21ClN2O4S/c1-3-19(23)22-10-4-5-13-11-14(6-8-17(13)22)21-27(24,25)15-7-9-18(26-2)16(20)12-15/h6-9,11-12,21H,3-5,10H2,1-2H3. The van der Waals surface area contributed by atoms with Gasteiger partial charge < -0.3 is 9.64 Å². The van der Waals surface area contributed by atoms with Gasteiger partial charge in [-0.2, -0.15) is 0 Å². The average molecular weight is 409 g/mol. The van der Waals surface area contributed by atoms with Gasteiger partial charge in [-0.3, -0.25) is 9.52 Å². The Morgan fingerprint density at radius 3 is 2.70 bits per heavy atom. The summed E-state index contributed by atoms with van der Waals surface area (Å²) in [5.41, 5.74) is 2.26. The van der Waals surface area contributed by atoms with E-state index in [1.165, 1.54) is 25.3 Å². The molecular weight excluding hydrogens is 388 g/mol. The lowest BCUT2D eigenvalue weighted by Gasteiger charge is -2.29. The van der Waals surface area contributed by atoms with Crippen molar-refractivity contribution in [3.63, 3.8) is 0 Å². The van der Waals surface area contributed by atoms with Gasteiger partial charge in [-0.15, -0.1) is 0 Å². The van der Waals surface area contributed by atoms with Gasteiger partial charge in [0.15, 0.2) is 0 Å². The first-order valence-corrected chi connectivity index (χ1v) is 10.5. The largest absolute Gasteiger partial charge is 0.495 e. The quantitative estimate of drug-likeness (QED) is 0.815. The van der Waals surface area contributed by atoms with Crippen LogP contribution in [0.15, 0.2) is 41.3 Å². The van der Waals surface area contributed by atoms with Crippen molar-refractivity contribution in [2.75, 3.05) is 23.3 Å².